The molecular formula is C25H28N4O3. The summed E-state index contributed by atoms with van der Waals surface area (Å²) in [6.07, 6.45) is 0.201. The molecule has 2 amide bonds. The van der Waals surface area contributed by atoms with E-state index < -0.39 is 5.60 Å². The number of benzene rings is 2. The van der Waals surface area contributed by atoms with Crippen LogP contribution >= 0.6 is 0 Å². The Morgan fingerprint density at radius 1 is 1.19 bits per heavy atom. The summed E-state index contributed by atoms with van der Waals surface area (Å²) in [6, 6.07) is 19.8. The van der Waals surface area contributed by atoms with Gasteiger partial charge in [-0.3, -0.25) is 9.59 Å². The van der Waals surface area contributed by atoms with Gasteiger partial charge in [0.2, 0.25) is 11.8 Å². The molecule has 0 saturated carbocycles. The predicted molar refractivity (Wildman–Crippen MR) is 123 cm³/mol. The smallest absolute Gasteiger partial charge is 0.230 e. The third kappa shape index (κ3) is 4.57. The number of aromatic nitrogens is 2. The number of nitrogens with zero attached hydrogens (tertiary/aromatic N) is 2. The van der Waals surface area contributed by atoms with Crippen molar-refractivity contribution in [1.29, 1.82) is 0 Å². The molecule has 1 aliphatic heterocycles. The van der Waals surface area contributed by atoms with Gasteiger partial charge in [-0.2, -0.15) is 0 Å². The van der Waals surface area contributed by atoms with Crippen LogP contribution in [0, 0.1) is 5.92 Å². The minimum atomic E-state index is -0.429. The lowest BCUT2D eigenvalue weighted by Gasteiger charge is -2.25. The summed E-state index contributed by atoms with van der Waals surface area (Å²) in [5, 5.41) is 10.2. The second-order valence-electron chi connectivity index (χ2n) is 8.38. The molecule has 1 atom stereocenters. The van der Waals surface area contributed by atoms with Crippen LogP contribution in [0.1, 0.15) is 32.8 Å². The van der Waals surface area contributed by atoms with Crippen LogP contribution in [-0.2, 0) is 19.9 Å². The molecule has 0 radical (unpaired) electrons. The van der Waals surface area contributed by atoms with Crippen LogP contribution in [0.5, 0.6) is 0 Å². The van der Waals surface area contributed by atoms with Crippen molar-refractivity contribution >= 4 is 17.6 Å². The van der Waals surface area contributed by atoms with Crippen LogP contribution in [0.4, 0.5) is 5.82 Å². The molecule has 2 aromatic carbocycles. The third-order valence-corrected chi connectivity index (χ3v) is 5.67. The highest BCUT2D eigenvalue weighted by Crippen LogP contribution is 2.31. The van der Waals surface area contributed by atoms with E-state index in [0.29, 0.717) is 19.0 Å². The number of ether oxygens (including phenoxy) is 1. The summed E-state index contributed by atoms with van der Waals surface area (Å²) < 4.78 is 7.75. The van der Waals surface area contributed by atoms with Crippen molar-refractivity contribution < 1.29 is 14.3 Å². The molecule has 0 aliphatic carbocycles. The minimum absolute atomic E-state index is 0.102. The quantitative estimate of drug-likeness (QED) is 0.593. The molecular weight excluding hydrogens is 404 g/mol. The van der Waals surface area contributed by atoms with Crippen LogP contribution in [0.15, 0.2) is 60.7 Å². The fourth-order valence-corrected chi connectivity index (χ4v) is 3.93. The lowest BCUT2D eigenvalue weighted by molar-refractivity contribution is -0.123. The maximum atomic E-state index is 12.6. The lowest BCUT2D eigenvalue weighted by atomic mass is 9.95. The Morgan fingerprint density at radius 3 is 2.66 bits per heavy atom. The summed E-state index contributed by atoms with van der Waals surface area (Å²) in [6.45, 7) is 7.05. The van der Waals surface area contributed by atoms with Gasteiger partial charge in [0.1, 0.15) is 0 Å². The third-order valence-electron chi connectivity index (χ3n) is 5.67. The van der Waals surface area contributed by atoms with Crippen LogP contribution in [0.3, 0.4) is 0 Å². The number of para-hydroxylation sites is 1. The number of carbonyl (C=O) groups is 2. The second kappa shape index (κ2) is 8.96. The van der Waals surface area contributed by atoms with Gasteiger partial charge < -0.3 is 15.4 Å². The Bertz CT molecular complexity index is 1120. The standard InChI is InChI=1S/C25H28N4O3/c1-4-32-25(2,3)19-10-8-9-17(13-19)21-15-22(27-24(31)18-14-23(30)26-16-18)28-29(21)20-11-6-5-7-12-20/h5-13,15,18H,4,14,16H2,1-3H3,(H,26,30)(H,27,28,31)/t18-/m0/s1. The predicted octanol–water partition coefficient (Wildman–Crippen LogP) is 3.89. The van der Waals surface area contributed by atoms with Crippen molar-refractivity contribution in [3.63, 3.8) is 0 Å². The van der Waals surface area contributed by atoms with E-state index in [1.807, 2.05) is 74.0 Å². The van der Waals surface area contributed by atoms with Gasteiger partial charge in [-0.05, 0) is 44.5 Å². The van der Waals surface area contributed by atoms with Gasteiger partial charge in [-0.25, -0.2) is 4.68 Å². The van der Waals surface area contributed by atoms with Gasteiger partial charge in [0.25, 0.3) is 0 Å². The van der Waals surface area contributed by atoms with Crippen molar-refractivity contribution in [2.75, 3.05) is 18.5 Å². The summed E-state index contributed by atoms with van der Waals surface area (Å²) in [4.78, 5) is 24.1. The van der Waals surface area contributed by atoms with Crippen molar-refractivity contribution in [2.45, 2.75) is 32.8 Å². The molecule has 1 aliphatic rings. The van der Waals surface area contributed by atoms with E-state index in [0.717, 1.165) is 22.5 Å². The van der Waals surface area contributed by atoms with Crippen molar-refractivity contribution in [3.05, 3.63) is 66.2 Å². The van der Waals surface area contributed by atoms with E-state index >= 15 is 0 Å². The van der Waals surface area contributed by atoms with E-state index in [1.165, 1.54) is 0 Å². The Hall–Kier alpha value is -3.45. The molecule has 7 nitrogen and oxygen atoms in total. The first kappa shape index (κ1) is 21.8. The number of rotatable bonds is 7. The maximum Gasteiger partial charge on any atom is 0.230 e. The van der Waals surface area contributed by atoms with Gasteiger partial charge in [-0.15, -0.1) is 5.10 Å². The molecule has 7 heteroatoms. The Morgan fingerprint density at radius 2 is 1.97 bits per heavy atom. The van der Waals surface area contributed by atoms with E-state index in [1.54, 1.807) is 0 Å². The molecule has 2 heterocycles. The average Bonchev–Trinajstić information content (AvgIpc) is 3.41. The molecule has 4 rings (SSSR count). The van der Waals surface area contributed by atoms with E-state index in [4.69, 9.17) is 4.74 Å². The number of hydrogen-bond donors (Lipinski definition) is 2. The molecule has 0 bridgehead atoms. The maximum absolute atomic E-state index is 12.6. The van der Waals surface area contributed by atoms with Crippen molar-refractivity contribution in [3.8, 4) is 16.9 Å². The van der Waals surface area contributed by atoms with Crippen molar-refractivity contribution in [1.82, 2.24) is 15.1 Å². The van der Waals surface area contributed by atoms with E-state index in [2.05, 4.69) is 27.9 Å². The molecule has 2 N–H and O–H groups in total. The summed E-state index contributed by atoms with van der Waals surface area (Å²) >= 11 is 0. The van der Waals surface area contributed by atoms with Crippen LogP contribution < -0.4 is 10.6 Å². The van der Waals surface area contributed by atoms with Gasteiger partial charge in [0.15, 0.2) is 5.82 Å². The Labute approximate surface area is 187 Å². The fourth-order valence-electron chi connectivity index (χ4n) is 3.93. The lowest BCUT2D eigenvalue weighted by Crippen LogP contribution is -2.24. The fraction of sp³-hybridized carbons (Fsp3) is 0.320. The normalized spacial score (nSPS) is 16.1. The van der Waals surface area contributed by atoms with Crippen molar-refractivity contribution in [2.24, 2.45) is 5.92 Å². The zero-order valence-electron chi connectivity index (χ0n) is 18.6. The summed E-state index contributed by atoms with van der Waals surface area (Å²) in [7, 11) is 0. The first-order valence-electron chi connectivity index (χ1n) is 10.9. The summed E-state index contributed by atoms with van der Waals surface area (Å²) in [5.74, 6) is -0.251. The SMILES string of the molecule is CCOC(C)(C)c1cccc(-c2cc(NC(=O)[C@@H]3CNC(=O)C3)nn2-c2ccccc2)c1. The van der Waals surface area contributed by atoms with Crippen LogP contribution in [0.25, 0.3) is 16.9 Å². The largest absolute Gasteiger partial charge is 0.371 e. The number of amides is 2. The second-order valence-corrected chi connectivity index (χ2v) is 8.38. The molecule has 1 aromatic heterocycles. The number of nitrogens with one attached hydrogen (secondary N) is 2. The van der Waals surface area contributed by atoms with Crippen LogP contribution in [0.2, 0.25) is 0 Å². The summed E-state index contributed by atoms with van der Waals surface area (Å²) in [5.41, 5.74) is 3.32. The highest BCUT2D eigenvalue weighted by Gasteiger charge is 2.29. The Balaban J connectivity index is 1.71. The van der Waals surface area contributed by atoms with Gasteiger partial charge in [0.05, 0.1) is 22.9 Å². The van der Waals surface area contributed by atoms with E-state index in [9.17, 15) is 9.59 Å². The Kier molecular flexibility index (Phi) is 6.10. The van der Waals surface area contributed by atoms with Gasteiger partial charge in [0, 0.05) is 31.2 Å². The van der Waals surface area contributed by atoms with Gasteiger partial charge >= 0.3 is 0 Å². The average molecular weight is 433 g/mol. The molecule has 166 valence electrons. The number of anilines is 1. The topological polar surface area (TPSA) is 85.2 Å². The molecule has 1 saturated heterocycles. The monoisotopic (exact) mass is 432 g/mol. The molecule has 1 fully saturated rings. The molecule has 32 heavy (non-hydrogen) atoms. The van der Waals surface area contributed by atoms with Gasteiger partial charge in [-0.1, -0.05) is 36.4 Å². The highest BCUT2D eigenvalue weighted by molar-refractivity contribution is 5.97. The minimum Gasteiger partial charge on any atom is -0.371 e. The molecule has 3 aromatic rings. The zero-order valence-corrected chi connectivity index (χ0v) is 18.6. The molecule has 0 unspecified atom stereocenters. The highest BCUT2D eigenvalue weighted by atomic mass is 16.5. The molecule has 0 spiro atoms. The zero-order chi connectivity index (χ0) is 22.7. The number of carbonyl (C=O) groups excluding carboxylic acids is 2. The number of hydrogen-bond acceptors (Lipinski definition) is 4. The first-order chi connectivity index (χ1) is 15.4. The van der Waals surface area contributed by atoms with Crippen LogP contribution in [-0.4, -0.2) is 34.7 Å². The van der Waals surface area contributed by atoms with E-state index in [-0.39, 0.29) is 24.2 Å². The first-order valence-corrected chi connectivity index (χ1v) is 10.9.